The summed E-state index contributed by atoms with van der Waals surface area (Å²) in [5.41, 5.74) is 7.09. The zero-order valence-corrected chi connectivity index (χ0v) is 14.3. The first-order valence-corrected chi connectivity index (χ1v) is 8.83. The molecule has 2 N–H and O–H groups in total. The average molecular weight is 331 g/mol. The second-order valence-corrected chi connectivity index (χ2v) is 6.98. The molecule has 126 valence electrons. The number of aromatic nitrogens is 3. The number of fused-ring (bicyclic) bond motifs is 2. The maximum atomic E-state index is 4.63. The van der Waals surface area contributed by atoms with Crippen molar-refractivity contribution in [3.05, 3.63) is 65.1 Å². The summed E-state index contributed by atoms with van der Waals surface area (Å²) in [6, 6.07) is 9.17. The molecule has 5 nitrogen and oxygen atoms in total. The van der Waals surface area contributed by atoms with Gasteiger partial charge in [0.2, 0.25) is 0 Å². The zero-order valence-electron chi connectivity index (χ0n) is 14.3. The van der Waals surface area contributed by atoms with Crippen LogP contribution in [0.15, 0.2) is 42.6 Å². The van der Waals surface area contributed by atoms with Crippen molar-refractivity contribution in [2.75, 3.05) is 18.4 Å². The second-order valence-electron chi connectivity index (χ2n) is 6.98. The number of nitrogens with one attached hydrogen (secondary N) is 2. The van der Waals surface area contributed by atoms with Gasteiger partial charge in [0, 0.05) is 37.1 Å². The zero-order chi connectivity index (χ0) is 16.8. The lowest BCUT2D eigenvalue weighted by Crippen LogP contribution is -2.19. The highest BCUT2D eigenvalue weighted by atomic mass is 15.1. The van der Waals surface area contributed by atoms with Crippen molar-refractivity contribution in [3.8, 4) is 0 Å². The lowest BCUT2D eigenvalue weighted by molar-refractivity contribution is 0.345. The predicted octanol–water partition coefficient (Wildman–Crippen LogP) is 3.35. The molecule has 0 saturated heterocycles. The number of imidazole rings is 1. The molecule has 5 heteroatoms. The summed E-state index contributed by atoms with van der Waals surface area (Å²) >= 11 is 0. The molecule has 0 aliphatic carbocycles. The first-order valence-electron chi connectivity index (χ1n) is 8.83. The molecule has 4 heterocycles. The van der Waals surface area contributed by atoms with Gasteiger partial charge in [0.15, 0.2) is 5.65 Å². The van der Waals surface area contributed by atoms with Gasteiger partial charge in [0.25, 0.3) is 0 Å². The molecule has 0 bridgehead atoms. The highest BCUT2D eigenvalue weighted by molar-refractivity contribution is 5.77. The van der Waals surface area contributed by atoms with Crippen molar-refractivity contribution >= 4 is 16.9 Å². The minimum Gasteiger partial charge on any atom is -0.378 e. The van der Waals surface area contributed by atoms with Crippen LogP contribution in [0.3, 0.4) is 0 Å². The SMILES string of the molecule is Cc1nc2c(C3Cc4cc(CN5CC=CC5)ccc4N3)ccnc2[nH]1. The first-order chi connectivity index (χ1) is 12.3. The van der Waals surface area contributed by atoms with Crippen molar-refractivity contribution in [1.82, 2.24) is 19.9 Å². The van der Waals surface area contributed by atoms with Crippen LogP contribution in [-0.2, 0) is 13.0 Å². The monoisotopic (exact) mass is 331 g/mol. The van der Waals surface area contributed by atoms with Gasteiger partial charge in [-0.2, -0.15) is 0 Å². The van der Waals surface area contributed by atoms with E-state index in [0.717, 1.165) is 43.0 Å². The Hall–Kier alpha value is -2.66. The average Bonchev–Trinajstić information content (AvgIpc) is 3.32. The molecule has 0 saturated carbocycles. The number of aromatic amines is 1. The molecular formula is C20H21N5. The maximum absolute atomic E-state index is 4.63. The van der Waals surface area contributed by atoms with Crippen molar-refractivity contribution in [3.63, 3.8) is 0 Å². The van der Waals surface area contributed by atoms with Gasteiger partial charge in [-0.1, -0.05) is 24.3 Å². The van der Waals surface area contributed by atoms with E-state index in [-0.39, 0.29) is 6.04 Å². The van der Waals surface area contributed by atoms with Gasteiger partial charge >= 0.3 is 0 Å². The Kier molecular flexibility index (Phi) is 3.35. The van der Waals surface area contributed by atoms with Crippen LogP contribution in [0.1, 0.15) is 28.6 Å². The number of rotatable bonds is 3. The van der Waals surface area contributed by atoms with Gasteiger partial charge in [-0.05, 0) is 36.6 Å². The van der Waals surface area contributed by atoms with Gasteiger partial charge in [-0.3, -0.25) is 4.90 Å². The lowest BCUT2D eigenvalue weighted by Gasteiger charge is -2.15. The molecule has 0 amide bonds. The van der Waals surface area contributed by atoms with E-state index in [1.54, 1.807) is 0 Å². The fourth-order valence-electron chi connectivity index (χ4n) is 3.94. The third kappa shape index (κ3) is 2.61. The van der Waals surface area contributed by atoms with E-state index in [1.807, 2.05) is 13.1 Å². The predicted molar refractivity (Wildman–Crippen MR) is 99.6 cm³/mol. The third-order valence-electron chi connectivity index (χ3n) is 5.13. The van der Waals surface area contributed by atoms with Crippen LogP contribution in [0.25, 0.3) is 11.2 Å². The van der Waals surface area contributed by atoms with Crippen LogP contribution in [-0.4, -0.2) is 32.9 Å². The molecule has 0 spiro atoms. The summed E-state index contributed by atoms with van der Waals surface area (Å²) in [6.45, 7) is 5.11. The Morgan fingerprint density at radius 3 is 2.96 bits per heavy atom. The number of hydrogen-bond acceptors (Lipinski definition) is 4. The van der Waals surface area contributed by atoms with Crippen LogP contribution in [0.4, 0.5) is 5.69 Å². The smallest absolute Gasteiger partial charge is 0.157 e. The van der Waals surface area contributed by atoms with Gasteiger partial charge in [0.1, 0.15) is 11.3 Å². The lowest BCUT2D eigenvalue weighted by atomic mass is 10.0. The minimum atomic E-state index is 0.256. The summed E-state index contributed by atoms with van der Waals surface area (Å²) in [7, 11) is 0. The van der Waals surface area contributed by atoms with E-state index in [9.17, 15) is 0 Å². The highest BCUT2D eigenvalue weighted by Gasteiger charge is 2.25. The molecule has 1 aromatic carbocycles. The van der Waals surface area contributed by atoms with E-state index < -0.39 is 0 Å². The molecular weight excluding hydrogens is 310 g/mol. The summed E-state index contributed by atoms with van der Waals surface area (Å²) in [4.78, 5) is 14.7. The maximum Gasteiger partial charge on any atom is 0.157 e. The Labute approximate surface area is 146 Å². The number of H-pyrrole nitrogens is 1. The van der Waals surface area contributed by atoms with Crippen LogP contribution in [0.2, 0.25) is 0 Å². The molecule has 1 unspecified atom stereocenters. The molecule has 2 aliphatic rings. The first kappa shape index (κ1) is 14.7. The quantitative estimate of drug-likeness (QED) is 0.723. The van der Waals surface area contributed by atoms with E-state index >= 15 is 0 Å². The number of aryl methyl sites for hydroxylation is 1. The molecule has 3 aromatic rings. The Morgan fingerprint density at radius 1 is 1.20 bits per heavy atom. The van der Waals surface area contributed by atoms with Crippen molar-refractivity contribution in [2.45, 2.75) is 25.9 Å². The number of nitrogens with zero attached hydrogens (tertiary/aromatic N) is 3. The standard InChI is InChI=1S/C20H21N5/c1-13-22-19-16(6-7-21-20(19)23-13)18-11-15-10-14(4-5-17(15)24-18)12-25-8-2-3-9-25/h2-7,10,18,24H,8-9,11-12H2,1H3,(H,21,22,23). The van der Waals surface area contributed by atoms with Crippen LogP contribution >= 0.6 is 0 Å². The molecule has 0 radical (unpaired) electrons. The Bertz CT molecular complexity index is 963. The largest absolute Gasteiger partial charge is 0.378 e. The number of hydrogen-bond donors (Lipinski definition) is 2. The van der Waals surface area contributed by atoms with Gasteiger partial charge in [0.05, 0.1) is 6.04 Å². The molecule has 25 heavy (non-hydrogen) atoms. The van der Waals surface area contributed by atoms with Gasteiger partial charge in [-0.25, -0.2) is 9.97 Å². The number of pyridine rings is 1. The highest BCUT2D eigenvalue weighted by Crippen LogP contribution is 2.36. The summed E-state index contributed by atoms with van der Waals surface area (Å²) in [5.74, 6) is 0.909. The molecule has 1 atom stereocenters. The molecule has 2 aromatic heterocycles. The Balaban J connectivity index is 1.41. The fourth-order valence-corrected chi connectivity index (χ4v) is 3.94. The van der Waals surface area contributed by atoms with E-state index in [0.29, 0.717) is 0 Å². The number of anilines is 1. The summed E-state index contributed by atoms with van der Waals surface area (Å²) in [6.07, 6.45) is 7.34. The van der Waals surface area contributed by atoms with Gasteiger partial charge in [-0.15, -0.1) is 0 Å². The van der Waals surface area contributed by atoms with Crippen molar-refractivity contribution in [2.24, 2.45) is 0 Å². The second kappa shape index (κ2) is 5.70. The summed E-state index contributed by atoms with van der Waals surface area (Å²) in [5, 5.41) is 3.67. The van der Waals surface area contributed by atoms with E-state index in [4.69, 9.17) is 0 Å². The minimum absolute atomic E-state index is 0.256. The summed E-state index contributed by atoms with van der Waals surface area (Å²) < 4.78 is 0. The van der Waals surface area contributed by atoms with Crippen LogP contribution in [0.5, 0.6) is 0 Å². The van der Waals surface area contributed by atoms with E-state index in [2.05, 4.69) is 61.6 Å². The van der Waals surface area contributed by atoms with E-state index in [1.165, 1.54) is 22.4 Å². The van der Waals surface area contributed by atoms with Crippen molar-refractivity contribution in [1.29, 1.82) is 0 Å². The molecule has 2 aliphatic heterocycles. The van der Waals surface area contributed by atoms with Crippen molar-refractivity contribution < 1.29 is 0 Å². The van der Waals surface area contributed by atoms with Gasteiger partial charge < -0.3 is 10.3 Å². The fraction of sp³-hybridized carbons (Fsp3) is 0.300. The van der Waals surface area contributed by atoms with Crippen LogP contribution in [0, 0.1) is 6.92 Å². The Morgan fingerprint density at radius 2 is 2.08 bits per heavy atom. The third-order valence-corrected chi connectivity index (χ3v) is 5.13. The van der Waals surface area contributed by atoms with Crippen LogP contribution < -0.4 is 5.32 Å². The molecule has 5 rings (SSSR count). The molecule has 0 fully saturated rings. The number of benzene rings is 1. The topological polar surface area (TPSA) is 56.8 Å². The normalized spacial score (nSPS) is 19.5.